The van der Waals surface area contributed by atoms with Crippen LogP contribution >= 0.6 is 0 Å². The quantitative estimate of drug-likeness (QED) is 0.121. The summed E-state index contributed by atoms with van der Waals surface area (Å²) in [5.41, 5.74) is -0.327. The molecule has 15 heteroatoms. The summed E-state index contributed by atoms with van der Waals surface area (Å²) < 4.78 is 32.2. The van der Waals surface area contributed by atoms with Crippen molar-refractivity contribution in [1.29, 1.82) is 0 Å². The Kier molecular flexibility index (Phi) is 13.9. The van der Waals surface area contributed by atoms with E-state index in [1.807, 2.05) is 20.8 Å². The highest BCUT2D eigenvalue weighted by Crippen LogP contribution is 2.30. The Balaban J connectivity index is 1.18. The third-order valence-electron chi connectivity index (χ3n) is 6.34. The number of piperidine rings is 1. The van der Waals surface area contributed by atoms with E-state index >= 15 is 0 Å². The van der Waals surface area contributed by atoms with E-state index < -0.39 is 41.2 Å². The highest BCUT2D eigenvalue weighted by atomic mass is 16.6. The Morgan fingerprint density at radius 2 is 1.47 bits per heavy atom. The molecule has 0 radical (unpaired) electrons. The largest absolute Gasteiger partial charge is 0.484 e. The standard InChI is InChI=1S/C30H41N3O12/c1-30(2,3)45-26(36)8-10-40-12-14-42-16-17-43-15-13-41-11-9-31-25(35)19-44-20-4-5-21-22(18-20)29(39)33(28(21)38)23-6-7-24(34)32-27(23)37/h4-5,18,23H,6-17,19H2,1-3H3,(H,31,35)(H,32,34,37). The summed E-state index contributed by atoms with van der Waals surface area (Å²) in [6.45, 7) is 8.09. The topological polar surface area (TPSA) is 185 Å². The van der Waals surface area contributed by atoms with Crippen LogP contribution in [0.15, 0.2) is 18.2 Å². The minimum atomic E-state index is -1.06. The zero-order chi connectivity index (χ0) is 32.8. The smallest absolute Gasteiger partial charge is 0.308 e. The third kappa shape index (κ3) is 11.8. The second-order valence-electron chi connectivity index (χ2n) is 11.1. The lowest BCUT2D eigenvalue weighted by molar-refractivity contribution is -0.156. The number of carbonyl (C=O) groups excluding carboxylic acids is 6. The van der Waals surface area contributed by atoms with Crippen LogP contribution in [0.5, 0.6) is 5.75 Å². The van der Waals surface area contributed by atoms with Gasteiger partial charge in [0, 0.05) is 13.0 Å². The van der Waals surface area contributed by atoms with E-state index in [4.69, 9.17) is 28.4 Å². The zero-order valence-corrected chi connectivity index (χ0v) is 25.8. The number of imide groups is 2. The van der Waals surface area contributed by atoms with Gasteiger partial charge in [0.1, 0.15) is 17.4 Å². The highest BCUT2D eigenvalue weighted by Gasteiger charge is 2.44. The van der Waals surface area contributed by atoms with Crippen molar-refractivity contribution < 1.29 is 57.2 Å². The first-order valence-electron chi connectivity index (χ1n) is 14.7. The fourth-order valence-electron chi connectivity index (χ4n) is 4.31. The molecule has 1 atom stereocenters. The lowest BCUT2D eigenvalue weighted by Crippen LogP contribution is -2.54. The Hall–Kier alpha value is -3.92. The SMILES string of the molecule is CC(C)(C)OC(=O)CCOCCOCCOCCOCCNC(=O)COc1ccc2c(c1)C(=O)N(C1CCC(=O)NC1=O)C2=O. The van der Waals surface area contributed by atoms with Crippen molar-refractivity contribution in [3.63, 3.8) is 0 Å². The van der Waals surface area contributed by atoms with Gasteiger partial charge in [-0.25, -0.2) is 0 Å². The maximum absolute atomic E-state index is 12.9. The molecule has 0 aliphatic carbocycles. The maximum Gasteiger partial charge on any atom is 0.308 e. The van der Waals surface area contributed by atoms with Crippen molar-refractivity contribution in [3.8, 4) is 5.75 Å². The summed E-state index contributed by atoms with van der Waals surface area (Å²) in [5.74, 6) is -2.93. The molecule has 1 saturated heterocycles. The molecular weight excluding hydrogens is 594 g/mol. The molecule has 0 spiro atoms. The van der Waals surface area contributed by atoms with E-state index in [0.29, 0.717) is 39.6 Å². The van der Waals surface area contributed by atoms with E-state index in [-0.39, 0.29) is 68.5 Å². The molecular formula is C30H41N3O12. The summed E-state index contributed by atoms with van der Waals surface area (Å²) in [6, 6.07) is 3.16. The Labute approximate surface area is 261 Å². The van der Waals surface area contributed by atoms with Gasteiger partial charge >= 0.3 is 5.97 Å². The molecule has 248 valence electrons. The number of esters is 1. The molecule has 2 aliphatic heterocycles. The Morgan fingerprint density at radius 3 is 2.09 bits per heavy atom. The van der Waals surface area contributed by atoms with Gasteiger partial charge in [0.05, 0.1) is 70.4 Å². The molecule has 2 N–H and O–H groups in total. The van der Waals surface area contributed by atoms with E-state index in [0.717, 1.165) is 4.90 Å². The van der Waals surface area contributed by atoms with Crippen molar-refractivity contribution in [2.45, 2.75) is 51.7 Å². The molecule has 2 aliphatic rings. The van der Waals surface area contributed by atoms with Crippen LogP contribution in [0.25, 0.3) is 0 Å². The summed E-state index contributed by atoms with van der Waals surface area (Å²) >= 11 is 0. The summed E-state index contributed by atoms with van der Waals surface area (Å²) in [5, 5.41) is 4.79. The Morgan fingerprint density at radius 1 is 0.867 bits per heavy atom. The van der Waals surface area contributed by atoms with Gasteiger partial charge in [-0.2, -0.15) is 0 Å². The summed E-state index contributed by atoms with van der Waals surface area (Å²) in [4.78, 5) is 73.8. The van der Waals surface area contributed by atoms with Gasteiger partial charge in [-0.15, -0.1) is 0 Å². The molecule has 45 heavy (non-hydrogen) atoms. The number of rotatable bonds is 19. The average Bonchev–Trinajstić information content (AvgIpc) is 3.21. The van der Waals surface area contributed by atoms with E-state index in [1.54, 1.807) is 0 Å². The van der Waals surface area contributed by atoms with Gasteiger partial charge < -0.3 is 33.7 Å². The number of benzene rings is 1. The molecule has 5 amide bonds. The van der Waals surface area contributed by atoms with Crippen molar-refractivity contribution in [3.05, 3.63) is 29.3 Å². The molecule has 3 rings (SSSR count). The normalized spacial score (nSPS) is 16.4. The molecule has 0 saturated carbocycles. The van der Waals surface area contributed by atoms with Crippen molar-refractivity contribution in [2.75, 3.05) is 66.0 Å². The molecule has 0 bridgehead atoms. The van der Waals surface area contributed by atoms with E-state index in [2.05, 4.69) is 10.6 Å². The minimum Gasteiger partial charge on any atom is -0.484 e. The van der Waals surface area contributed by atoms with E-state index in [9.17, 15) is 28.8 Å². The first kappa shape index (κ1) is 35.6. The average molecular weight is 636 g/mol. The monoisotopic (exact) mass is 635 g/mol. The predicted octanol–water partition coefficient (Wildman–Crippen LogP) is 0.381. The van der Waals surface area contributed by atoms with Crippen molar-refractivity contribution >= 4 is 35.5 Å². The second kappa shape index (κ2) is 17.5. The van der Waals surface area contributed by atoms with Gasteiger partial charge in [-0.3, -0.25) is 39.0 Å². The molecule has 1 aromatic rings. The Bertz CT molecular complexity index is 1230. The minimum absolute atomic E-state index is 0.0285. The number of hydrogen-bond acceptors (Lipinski definition) is 12. The van der Waals surface area contributed by atoms with Gasteiger partial charge in [0.2, 0.25) is 11.8 Å². The van der Waals surface area contributed by atoms with E-state index in [1.165, 1.54) is 18.2 Å². The molecule has 1 fully saturated rings. The van der Waals surface area contributed by atoms with Crippen LogP contribution < -0.4 is 15.4 Å². The number of nitrogens with zero attached hydrogens (tertiary/aromatic N) is 1. The van der Waals surface area contributed by atoms with Gasteiger partial charge in [-0.1, -0.05) is 0 Å². The number of hydrogen-bond donors (Lipinski definition) is 2. The van der Waals surface area contributed by atoms with Crippen LogP contribution in [-0.4, -0.2) is 118 Å². The first-order chi connectivity index (χ1) is 21.5. The second-order valence-corrected chi connectivity index (χ2v) is 11.1. The molecule has 1 unspecified atom stereocenters. The van der Waals surface area contributed by atoms with Crippen LogP contribution in [0, 0.1) is 0 Å². The highest BCUT2D eigenvalue weighted by molar-refractivity contribution is 6.23. The number of nitrogens with one attached hydrogen (secondary N) is 2. The maximum atomic E-state index is 12.9. The number of ether oxygens (including phenoxy) is 6. The predicted molar refractivity (Wildman–Crippen MR) is 155 cm³/mol. The first-order valence-corrected chi connectivity index (χ1v) is 14.7. The fourth-order valence-corrected chi connectivity index (χ4v) is 4.31. The van der Waals surface area contributed by atoms with Crippen LogP contribution in [-0.2, 0) is 42.9 Å². The fraction of sp³-hybridized carbons (Fsp3) is 0.600. The zero-order valence-electron chi connectivity index (χ0n) is 25.8. The van der Waals surface area contributed by atoms with Crippen LogP contribution in [0.3, 0.4) is 0 Å². The van der Waals surface area contributed by atoms with Gasteiger partial charge in [-0.05, 0) is 45.4 Å². The third-order valence-corrected chi connectivity index (χ3v) is 6.34. The molecule has 15 nitrogen and oxygen atoms in total. The molecule has 0 aromatic heterocycles. The summed E-state index contributed by atoms with van der Waals surface area (Å²) in [7, 11) is 0. The van der Waals surface area contributed by atoms with Crippen LogP contribution in [0.4, 0.5) is 0 Å². The molecule has 1 aromatic carbocycles. The van der Waals surface area contributed by atoms with Crippen molar-refractivity contribution in [1.82, 2.24) is 15.5 Å². The van der Waals surface area contributed by atoms with Crippen LogP contribution in [0.1, 0.15) is 60.7 Å². The lowest BCUT2D eigenvalue weighted by atomic mass is 10.0. The number of fused-ring (bicyclic) bond motifs is 1. The number of amides is 5. The summed E-state index contributed by atoms with van der Waals surface area (Å²) in [6.07, 6.45) is 0.278. The van der Waals surface area contributed by atoms with Crippen molar-refractivity contribution in [2.24, 2.45) is 0 Å². The number of carbonyl (C=O) groups is 6. The lowest BCUT2D eigenvalue weighted by Gasteiger charge is -2.27. The van der Waals surface area contributed by atoms with Gasteiger partial charge in [0.25, 0.3) is 17.7 Å². The molecule has 2 heterocycles. The van der Waals surface area contributed by atoms with Crippen LogP contribution in [0.2, 0.25) is 0 Å². The van der Waals surface area contributed by atoms with Gasteiger partial charge in [0.15, 0.2) is 6.61 Å².